The summed E-state index contributed by atoms with van der Waals surface area (Å²) in [4.78, 5) is 18.5. The average Bonchev–Trinajstić information content (AvgIpc) is 2.87. The quantitative estimate of drug-likeness (QED) is 0.619. The Hall–Kier alpha value is -2.25. The zero-order chi connectivity index (χ0) is 23.0. The lowest BCUT2D eigenvalue weighted by Crippen LogP contribution is -2.59. The van der Waals surface area contributed by atoms with E-state index in [0.29, 0.717) is 25.7 Å². The Morgan fingerprint density at radius 2 is 1.48 bits per heavy atom. The number of hydrogen-bond donors (Lipinski definition) is 0. The first-order valence-electron chi connectivity index (χ1n) is 12.2. The van der Waals surface area contributed by atoms with Gasteiger partial charge in [0.25, 0.3) is 0 Å². The molecule has 0 aromatic heterocycles. The molecule has 178 valence electrons. The molecule has 33 heavy (non-hydrogen) atoms. The number of hydrogen-bond acceptors (Lipinski definition) is 5. The standard InChI is InChI=1S/C27H38N4O2/c1-28(2)25-13-15-29(16-14-25)27(32)26(21-23-9-5-3-6-10-23)31(30-17-19-33-20-18-30)22-24-11-7-4-8-12-24/h3-12,25-26H,13-22H2,1-2H3. The maximum Gasteiger partial charge on any atom is 0.241 e. The monoisotopic (exact) mass is 450 g/mol. The first kappa shape index (κ1) is 23.9. The van der Waals surface area contributed by atoms with Gasteiger partial charge < -0.3 is 14.5 Å². The number of morpholine rings is 1. The van der Waals surface area contributed by atoms with Crippen molar-refractivity contribution in [2.75, 3.05) is 53.5 Å². The maximum absolute atomic E-state index is 14.1. The van der Waals surface area contributed by atoms with Crippen LogP contribution >= 0.6 is 0 Å². The minimum atomic E-state index is -0.235. The lowest BCUT2D eigenvalue weighted by molar-refractivity contribution is -0.158. The second kappa shape index (κ2) is 11.7. The van der Waals surface area contributed by atoms with Gasteiger partial charge in [-0.2, -0.15) is 0 Å². The van der Waals surface area contributed by atoms with Crippen molar-refractivity contribution in [3.8, 4) is 0 Å². The van der Waals surface area contributed by atoms with Crippen LogP contribution in [0, 0.1) is 0 Å². The first-order chi connectivity index (χ1) is 16.1. The zero-order valence-corrected chi connectivity index (χ0v) is 20.1. The van der Waals surface area contributed by atoms with Crippen molar-refractivity contribution >= 4 is 5.91 Å². The first-order valence-corrected chi connectivity index (χ1v) is 12.2. The van der Waals surface area contributed by atoms with Crippen molar-refractivity contribution in [1.82, 2.24) is 19.8 Å². The molecule has 6 nitrogen and oxygen atoms in total. The molecule has 2 aromatic carbocycles. The van der Waals surface area contributed by atoms with Crippen molar-refractivity contribution in [2.24, 2.45) is 0 Å². The van der Waals surface area contributed by atoms with Crippen molar-refractivity contribution in [1.29, 1.82) is 0 Å². The van der Waals surface area contributed by atoms with Gasteiger partial charge in [0, 0.05) is 38.8 Å². The Morgan fingerprint density at radius 1 is 0.909 bits per heavy atom. The molecule has 0 saturated carbocycles. The van der Waals surface area contributed by atoms with E-state index in [0.717, 1.165) is 45.6 Å². The van der Waals surface area contributed by atoms with E-state index in [1.807, 2.05) is 12.1 Å². The van der Waals surface area contributed by atoms with E-state index < -0.39 is 0 Å². The summed E-state index contributed by atoms with van der Waals surface area (Å²) >= 11 is 0. The second-order valence-corrected chi connectivity index (χ2v) is 9.37. The average molecular weight is 451 g/mol. The number of amides is 1. The third-order valence-corrected chi connectivity index (χ3v) is 6.96. The molecule has 2 aromatic rings. The van der Waals surface area contributed by atoms with Gasteiger partial charge in [-0.3, -0.25) is 4.79 Å². The molecule has 2 aliphatic rings. The Bertz CT molecular complexity index is 847. The minimum Gasteiger partial charge on any atom is -0.379 e. The number of ether oxygens (including phenoxy) is 1. The van der Waals surface area contributed by atoms with E-state index in [2.05, 4.69) is 82.4 Å². The summed E-state index contributed by atoms with van der Waals surface area (Å²) in [5, 5.41) is 4.67. The fourth-order valence-electron chi connectivity index (χ4n) is 4.96. The molecule has 6 heteroatoms. The molecule has 0 radical (unpaired) electrons. The van der Waals surface area contributed by atoms with Crippen LogP contribution in [0.3, 0.4) is 0 Å². The predicted molar refractivity (Wildman–Crippen MR) is 132 cm³/mol. The van der Waals surface area contributed by atoms with E-state index in [1.54, 1.807) is 0 Å². The highest BCUT2D eigenvalue weighted by Crippen LogP contribution is 2.22. The highest BCUT2D eigenvalue weighted by molar-refractivity contribution is 5.82. The Kier molecular flexibility index (Phi) is 8.51. The number of piperidine rings is 1. The zero-order valence-electron chi connectivity index (χ0n) is 20.1. The van der Waals surface area contributed by atoms with Gasteiger partial charge in [0.15, 0.2) is 0 Å². The van der Waals surface area contributed by atoms with Crippen LogP contribution in [0.4, 0.5) is 0 Å². The molecule has 2 fully saturated rings. The van der Waals surface area contributed by atoms with Gasteiger partial charge in [0.1, 0.15) is 6.04 Å². The van der Waals surface area contributed by atoms with Crippen LogP contribution in [0.2, 0.25) is 0 Å². The van der Waals surface area contributed by atoms with E-state index >= 15 is 0 Å². The molecule has 0 spiro atoms. The van der Waals surface area contributed by atoms with Gasteiger partial charge in [0.05, 0.1) is 13.2 Å². The van der Waals surface area contributed by atoms with Gasteiger partial charge in [-0.25, -0.2) is 10.0 Å². The molecule has 2 aliphatic heterocycles. The maximum atomic E-state index is 14.1. The molecule has 4 rings (SSSR count). The number of likely N-dealkylation sites (tertiary alicyclic amines) is 1. The largest absolute Gasteiger partial charge is 0.379 e. The molecule has 0 N–H and O–H groups in total. The molecular weight excluding hydrogens is 412 g/mol. The topological polar surface area (TPSA) is 39.3 Å². The molecular formula is C27H38N4O2. The van der Waals surface area contributed by atoms with Crippen LogP contribution in [-0.4, -0.2) is 91.3 Å². The van der Waals surface area contributed by atoms with Gasteiger partial charge >= 0.3 is 0 Å². The third kappa shape index (κ3) is 6.42. The van der Waals surface area contributed by atoms with E-state index in [-0.39, 0.29) is 11.9 Å². The number of rotatable bonds is 8. The Labute approximate surface area is 198 Å². The van der Waals surface area contributed by atoms with Crippen molar-refractivity contribution < 1.29 is 9.53 Å². The number of hydrazine groups is 1. The summed E-state index contributed by atoms with van der Waals surface area (Å²) in [5.74, 6) is 0.249. The SMILES string of the molecule is CN(C)C1CCN(C(=O)C(Cc2ccccc2)N(Cc2ccccc2)N2CCOCC2)CC1. The highest BCUT2D eigenvalue weighted by atomic mass is 16.5. The predicted octanol–water partition coefficient (Wildman–Crippen LogP) is 2.90. The van der Waals surface area contributed by atoms with Crippen LogP contribution in [0.5, 0.6) is 0 Å². The van der Waals surface area contributed by atoms with Gasteiger partial charge in [-0.15, -0.1) is 0 Å². The Balaban J connectivity index is 1.60. The van der Waals surface area contributed by atoms with Crippen LogP contribution in [0.25, 0.3) is 0 Å². The molecule has 0 aliphatic carbocycles. The summed E-state index contributed by atoms with van der Waals surface area (Å²) in [5.41, 5.74) is 2.42. The molecule has 1 amide bonds. The van der Waals surface area contributed by atoms with Crippen LogP contribution in [0.15, 0.2) is 60.7 Å². The van der Waals surface area contributed by atoms with Crippen LogP contribution < -0.4 is 0 Å². The lowest BCUT2D eigenvalue weighted by atomic mass is 10.00. The molecule has 2 heterocycles. The minimum absolute atomic E-state index is 0.235. The van der Waals surface area contributed by atoms with Gasteiger partial charge in [-0.1, -0.05) is 60.7 Å². The second-order valence-electron chi connectivity index (χ2n) is 9.37. The number of carbonyl (C=O) groups excluding carboxylic acids is 1. The molecule has 0 bridgehead atoms. The van der Waals surface area contributed by atoms with E-state index in [4.69, 9.17) is 4.74 Å². The number of benzene rings is 2. The lowest BCUT2D eigenvalue weighted by Gasteiger charge is -2.44. The summed E-state index contributed by atoms with van der Waals surface area (Å²) in [6.07, 6.45) is 2.78. The van der Waals surface area contributed by atoms with E-state index in [9.17, 15) is 4.79 Å². The van der Waals surface area contributed by atoms with Gasteiger partial charge in [0.2, 0.25) is 5.91 Å². The van der Waals surface area contributed by atoms with Crippen molar-refractivity contribution in [3.63, 3.8) is 0 Å². The normalized spacial score (nSPS) is 19.2. The summed E-state index contributed by atoms with van der Waals surface area (Å²) in [7, 11) is 4.28. The number of carbonyl (C=O) groups is 1. The molecule has 1 unspecified atom stereocenters. The Morgan fingerprint density at radius 3 is 2.06 bits per heavy atom. The third-order valence-electron chi connectivity index (χ3n) is 6.96. The number of nitrogens with zero attached hydrogens (tertiary/aromatic N) is 4. The summed E-state index contributed by atoms with van der Waals surface area (Å²) in [6.45, 7) is 5.41. The smallest absolute Gasteiger partial charge is 0.241 e. The molecule has 1 atom stereocenters. The van der Waals surface area contributed by atoms with Crippen LogP contribution in [-0.2, 0) is 22.5 Å². The molecule has 2 saturated heterocycles. The summed E-state index contributed by atoms with van der Waals surface area (Å²) < 4.78 is 5.64. The fraction of sp³-hybridized carbons (Fsp3) is 0.519. The fourth-order valence-corrected chi connectivity index (χ4v) is 4.96. The van der Waals surface area contributed by atoms with Crippen molar-refractivity contribution in [3.05, 3.63) is 71.8 Å². The summed E-state index contributed by atoms with van der Waals surface area (Å²) in [6, 6.07) is 21.3. The van der Waals surface area contributed by atoms with Crippen LogP contribution in [0.1, 0.15) is 24.0 Å². The van der Waals surface area contributed by atoms with Crippen molar-refractivity contribution in [2.45, 2.75) is 37.9 Å². The highest BCUT2D eigenvalue weighted by Gasteiger charge is 2.36. The van der Waals surface area contributed by atoms with E-state index in [1.165, 1.54) is 11.1 Å². The van der Waals surface area contributed by atoms with Gasteiger partial charge in [-0.05, 0) is 44.5 Å².